The highest BCUT2D eigenvalue weighted by molar-refractivity contribution is 8.08. The van der Waals surface area contributed by atoms with Gasteiger partial charge in [0, 0.05) is 49.2 Å². The lowest BCUT2D eigenvalue weighted by Gasteiger charge is -2.36. The highest BCUT2D eigenvalue weighted by atomic mass is 32.2. The third-order valence-electron chi connectivity index (χ3n) is 12.0. The number of likely N-dealkylation sites (N-methyl/N-ethyl adjacent to an activating group) is 1. The molecule has 2 unspecified atom stereocenters. The Bertz CT molecular complexity index is 3810. The summed E-state index contributed by atoms with van der Waals surface area (Å²) in [6, 6.07) is 34.1. The second-order valence-corrected chi connectivity index (χ2v) is 24.3. The number of nitrogens with zero attached hydrogens (tertiary/aromatic N) is 1. The fourth-order valence-electron chi connectivity index (χ4n) is 8.72. The van der Waals surface area contributed by atoms with Gasteiger partial charge < -0.3 is 5.11 Å². The van der Waals surface area contributed by atoms with E-state index in [0.717, 1.165) is 88.1 Å². The molecule has 2 bridgehead atoms. The van der Waals surface area contributed by atoms with Crippen LogP contribution in [-0.2, 0) is 52.2 Å². The maximum Gasteiger partial charge on any atom is 0.425 e. The van der Waals surface area contributed by atoms with Crippen molar-refractivity contribution in [3.63, 3.8) is 0 Å². The standard InChI is InChI=1S/C50H39NO11S6.O3S/c1-51-42-24-25-43(51)40(22-15-33-28-47(65-45-9-5-3-7-38(33)45)41-23-20-36(67(57,58)59)29-48(41)68(60,61)62)50(63-34-16-10-30(11-17-34)26-49(52)53)39(42)21-14-32-27-46(64-44-8-4-2-6-37(32)44)31-12-18-35(19-13-31)66(54,55)56;1-4(2)3/h2-23,27-29,42-43H,24-26H2,1H3,(H3-,52,53,54,55,56,57,58,59,60,61,62);/p+1. The molecular formula is C50H40NO14S7+. The van der Waals surface area contributed by atoms with Crippen LogP contribution in [0.2, 0.25) is 0 Å². The summed E-state index contributed by atoms with van der Waals surface area (Å²) in [6.07, 6.45) is 12.0. The number of fused-ring (bicyclic) bond motifs is 4. The van der Waals surface area contributed by atoms with Crippen molar-refractivity contribution in [2.45, 2.75) is 55.8 Å². The molecule has 0 saturated carbocycles. The number of thioether (sulfide) groups is 2. The molecule has 3 aliphatic rings. The van der Waals surface area contributed by atoms with E-state index in [9.17, 15) is 48.8 Å². The van der Waals surface area contributed by atoms with Gasteiger partial charge in [-0.1, -0.05) is 102 Å². The van der Waals surface area contributed by atoms with Crippen LogP contribution in [0.3, 0.4) is 0 Å². The van der Waals surface area contributed by atoms with Crippen LogP contribution in [0.5, 0.6) is 0 Å². The molecule has 3 aliphatic heterocycles. The zero-order valence-corrected chi connectivity index (χ0v) is 43.1. The molecule has 1 fully saturated rings. The quantitative estimate of drug-likeness (QED) is 0.0657. The monoisotopic (exact) mass is 1100 g/mol. The molecule has 9 rings (SSSR count). The number of allylic oxidation sites excluding steroid dienone is 4. The van der Waals surface area contributed by atoms with Crippen LogP contribution in [0.4, 0.5) is 0 Å². The summed E-state index contributed by atoms with van der Waals surface area (Å²) in [5.74, 6) is -0.928. The van der Waals surface area contributed by atoms with Crippen molar-refractivity contribution in [3.8, 4) is 10.4 Å². The Morgan fingerprint density at radius 3 is 2.06 bits per heavy atom. The first-order chi connectivity index (χ1) is 34.0. The molecule has 6 aromatic rings. The molecule has 1 aromatic heterocycles. The van der Waals surface area contributed by atoms with Gasteiger partial charge in [0.25, 0.3) is 30.4 Å². The fourth-order valence-corrected chi connectivity index (χ4v) is 14.0. The molecule has 370 valence electrons. The summed E-state index contributed by atoms with van der Waals surface area (Å²) < 4.78 is 129. The minimum atomic E-state index is -4.95. The molecule has 0 amide bonds. The lowest BCUT2D eigenvalue weighted by atomic mass is 9.94. The van der Waals surface area contributed by atoms with Gasteiger partial charge in [-0.3, -0.25) is 23.4 Å². The lowest BCUT2D eigenvalue weighted by Crippen LogP contribution is -2.39. The minimum Gasteiger partial charge on any atom is -0.481 e. The third kappa shape index (κ3) is 12.0. The number of hydrogen-bond acceptors (Lipinski definition) is 13. The van der Waals surface area contributed by atoms with E-state index in [4.69, 9.17) is 12.6 Å². The number of carboxylic acids is 1. The number of carboxylic acid groups (broad SMARTS) is 1. The predicted molar refractivity (Wildman–Crippen MR) is 278 cm³/mol. The molecule has 2 atom stereocenters. The molecule has 0 aliphatic carbocycles. The van der Waals surface area contributed by atoms with Crippen LogP contribution in [0.1, 0.15) is 35.1 Å². The zero-order valence-electron chi connectivity index (χ0n) is 37.4. The average molecular weight is 1100 g/mol. The zero-order chi connectivity index (χ0) is 51.7. The second kappa shape index (κ2) is 21.3. The largest absolute Gasteiger partial charge is 0.481 e. The normalized spacial score (nSPS) is 18.2. The Morgan fingerprint density at radius 2 is 1.39 bits per heavy atom. The van der Waals surface area contributed by atoms with Crippen LogP contribution in [-0.4, -0.2) is 86.6 Å². The molecule has 4 heterocycles. The van der Waals surface area contributed by atoms with Crippen LogP contribution >= 0.6 is 34.9 Å². The highest BCUT2D eigenvalue weighted by Crippen LogP contribution is 2.50. The van der Waals surface area contributed by atoms with Crippen molar-refractivity contribution in [1.82, 2.24) is 4.90 Å². The summed E-state index contributed by atoms with van der Waals surface area (Å²) in [7, 11) is -15.1. The molecular weight excluding hydrogens is 1060 g/mol. The van der Waals surface area contributed by atoms with Crippen molar-refractivity contribution < 1.29 is 61.4 Å². The number of hydrogen-bond donors (Lipinski definition) is 4. The molecule has 4 N–H and O–H groups in total. The van der Waals surface area contributed by atoms with Gasteiger partial charge in [0.05, 0.1) is 21.8 Å². The third-order valence-corrected chi connectivity index (χ3v) is 18.0. The van der Waals surface area contributed by atoms with E-state index < -0.39 is 56.7 Å². The Kier molecular flexibility index (Phi) is 15.5. The van der Waals surface area contributed by atoms with Crippen LogP contribution in [0.25, 0.3) is 37.1 Å². The van der Waals surface area contributed by atoms with E-state index in [-0.39, 0.29) is 29.0 Å². The Balaban J connectivity index is 0.00000167. The van der Waals surface area contributed by atoms with Crippen molar-refractivity contribution in [2.75, 3.05) is 7.05 Å². The van der Waals surface area contributed by atoms with Gasteiger partial charge >= 0.3 is 16.6 Å². The number of rotatable bonds is 12. The van der Waals surface area contributed by atoms with Gasteiger partial charge in [-0.2, -0.15) is 25.3 Å². The first-order valence-corrected chi connectivity index (χ1v) is 29.2. The maximum atomic E-state index is 12.7. The van der Waals surface area contributed by atoms with Crippen molar-refractivity contribution in [1.29, 1.82) is 0 Å². The molecule has 5 aromatic carbocycles. The molecule has 72 heavy (non-hydrogen) atoms. The number of carbonyl (C=O) groups is 1. The van der Waals surface area contributed by atoms with Crippen LogP contribution in [0, 0.1) is 0 Å². The maximum absolute atomic E-state index is 12.7. The second-order valence-electron chi connectivity index (χ2n) is 16.4. The summed E-state index contributed by atoms with van der Waals surface area (Å²) in [6.45, 7) is 0. The molecule has 15 nitrogen and oxygen atoms in total. The van der Waals surface area contributed by atoms with Crippen LogP contribution < -0.4 is 0 Å². The first kappa shape index (κ1) is 52.4. The predicted octanol–water partition coefficient (Wildman–Crippen LogP) is 9.91. The average Bonchev–Trinajstić information content (AvgIpc) is 3.62. The Morgan fingerprint density at radius 1 is 0.750 bits per heavy atom. The smallest absolute Gasteiger partial charge is 0.425 e. The molecule has 0 radical (unpaired) electrons. The Labute approximate surface area is 429 Å². The van der Waals surface area contributed by atoms with E-state index in [2.05, 4.69) is 42.3 Å². The SMILES string of the molecule is CN1C2CCC1/C(=C\C=C1/C=C(c3ccc(S(=O)(=O)O)cc3)Sc3ccccc31)C(Sc1ccc(CC(=O)O)cc1)=C2/C=C/c1cc(-c2ccc(S(=O)(=O)O)cc2S(=O)(=O)O)[s+]c2ccccc12.O=S(=O)=O. The summed E-state index contributed by atoms with van der Waals surface area (Å²) in [4.78, 5) is 16.6. The van der Waals surface area contributed by atoms with Crippen molar-refractivity contribution >= 4 is 108 Å². The van der Waals surface area contributed by atoms with E-state index in [1.54, 1.807) is 41.7 Å². The van der Waals surface area contributed by atoms with Crippen molar-refractivity contribution in [2.24, 2.45) is 0 Å². The molecule has 22 heteroatoms. The van der Waals surface area contributed by atoms with E-state index in [1.807, 2.05) is 72.8 Å². The lowest BCUT2D eigenvalue weighted by molar-refractivity contribution is -0.136. The first-order valence-electron chi connectivity index (χ1n) is 21.4. The van der Waals surface area contributed by atoms with Gasteiger partial charge in [0.1, 0.15) is 4.90 Å². The molecule has 1 saturated heterocycles. The Hall–Kier alpha value is -5.89. The molecule has 0 spiro atoms. The van der Waals surface area contributed by atoms with E-state index in [0.29, 0.717) is 10.4 Å². The van der Waals surface area contributed by atoms with E-state index >= 15 is 0 Å². The van der Waals surface area contributed by atoms with Gasteiger partial charge in [-0.05, 0) is 120 Å². The van der Waals surface area contributed by atoms with Gasteiger partial charge in [0.2, 0.25) is 20.9 Å². The van der Waals surface area contributed by atoms with Gasteiger partial charge in [-0.15, -0.1) is 12.6 Å². The van der Waals surface area contributed by atoms with Crippen molar-refractivity contribution in [3.05, 3.63) is 184 Å². The van der Waals surface area contributed by atoms with E-state index in [1.165, 1.54) is 29.5 Å². The fraction of sp³-hybridized carbons (Fsp3) is 0.120. The number of benzene rings is 5. The highest BCUT2D eigenvalue weighted by Gasteiger charge is 2.41. The van der Waals surface area contributed by atoms with Crippen LogP contribution in [0.15, 0.2) is 186 Å². The summed E-state index contributed by atoms with van der Waals surface area (Å²) in [5.41, 5.74) is 6.26. The van der Waals surface area contributed by atoms with Gasteiger partial charge in [-0.25, -0.2) is 0 Å². The minimum absolute atomic E-state index is 0.00946. The summed E-state index contributed by atoms with van der Waals surface area (Å²) >= 11 is 4.40. The number of aliphatic carboxylic acids is 1. The summed E-state index contributed by atoms with van der Waals surface area (Å²) in [5, 5.41) is 10.3. The topological polar surface area (TPSA) is 255 Å². The van der Waals surface area contributed by atoms with Gasteiger partial charge in [0.15, 0.2) is 0 Å².